The summed E-state index contributed by atoms with van der Waals surface area (Å²) >= 11 is 0. The summed E-state index contributed by atoms with van der Waals surface area (Å²) in [6, 6.07) is 6.76. The first-order valence-electron chi connectivity index (χ1n) is 8.34. The van der Waals surface area contributed by atoms with E-state index in [1.165, 1.54) is 0 Å². The molecule has 0 heterocycles. The van der Waals surface area contributed by atoms with Crippen LogP contribution in [0.3, 0.4) is 0 Å². The predicted molar refractivity (Wildman–Crippen MR) is 90.7 cm³/mol. The summed E-state index contributed by atoms with van der Waals surface area (Å²) < 4.78 is 9.97. The number of rotatable bonds is 9. The van der Waals surface area contributed by atoms with Crippen molar-refractivity contribution in [3.63, 3.8) is 0 Å². The molecule has 1 aromatic carbocycles. The fourth-order valence-electron chi connectivity index (χ4n) is 2.34. The van der Waals surface area contributed by atoms with Gasteiger partial charge in [0.15, 0.2) is 0 Å². The molecule has 5 nitrogen and oxygen atoms in total. The van der Waals surface area contributed by atoms with E-state index in [0.717, 1.165) is 5.56 Å². The number of hydrogen-bond donors (Lipinski definition) is 0. The summed E-state index contributed by atoms with van der Waals surface area (Å²) in [5.74, 6) is -1.61. The van der Waals surface area contributed by atoms with E-state index in [1.807, 2.05) is 13.8 Å². The number of Topliss-reactive ketones (excluding diaryl/α,β-unsaturated/α-hetero) is 1. The lowest BCUT2D eigenvalue weighted by Crippen LogP contribution is -2.29. The van der Waals surface area contributed by atoms with Crippen LogP contribution in [0.25, 0.3) is 0 Å². The third kappa shape index (κ3) is 6.14. The molecule has 0 amide bonds. The smallest absolute Gasteiger partial charge is 0.338 e. The molecular formula is C19H26O5. The van der Waals surface area contributed by atoms with Gasteiger partial charge in [-0.25, -0.2) is 4.79 Å². The van der Waals surface area contributed by atoms with Gasteiger partial charge in [0.25, 0.3) is 0 Å². The highest BCUT2D eigenvalue weighted by Gasteiger charge is 2.28. The lowest BCUT2D eigenvalue weighted by atomic mass is 9.90. The summed E-state index contributed by atoms with van der Waals surface area (Å²) in [5.41, 5.74) is 1.25. The first-order valence-corrected chi connectivity index (χ1v) is 8.34. The molecule has 0 aromatic heterocycles. The average Bonchev–Trinajstić information content (AvgIpc) is 2.52. The Kier molecular flexibility index (Phi) is 8.16. The topological polar surface area (TPSA) is 69.7 Å². The summed E-state index contributed by atoms with van der Waals surface area (Å²) in [5, 5.41) is 0. The molecule has 0 spiro atoms. The molecular weight excluding hydrogens is 308 g/mol. The standard InChI is InChI=1S/C19H26O5/c1-5-23-18(21)15-9-7-14(8-10-15)12-16(19(22)24-6-2)17(20)11-13(3)4/h7-10,13,16H,5-6,11-12H2,1-4H3. The van der Waals surface area contributed by atoms with Crippen LogP contribution in [0, 0.1) is 11.8 Å². The largest absolute Gasteiger partial charge is 0.465 e. The van der Waals surface area contributed by atoms with Crippen molar-refractivity contribution in [3.05, 3.63) is 35.4 Å². The second-order valence-electron chi connectivity index (χ2n) is 5.99. The van der Waals surface area contributed by atoms with Crippen LogP contribution in [0.2, 0.25) is 0 Å². The Bertz CT molecular complexity index is 560. The van der Waals surface area contributed by atoms with Crippen molar-refractivity contribution in [1.29, 1.82) is 0 Å². The van der Waals surface area contributed by atoms with Gasteiger partial charge >= 0.3 is 11.9 Å². The van der Waals surface area contributed by atoms with E-state index < -0.39 is 11.9 Å². The van der Waals surface area contributed by atoms with Gasteiger partial charge in [-0.1, -0.05) is 26.0 Å². The second-order valence-corrected chi connectivity index (χ2v) is 5.99. The van der Waals surface area contributed by atoms with Crippen LogP contribution in [-0.2, 0) is 25.5 Å². The van der Waals surface area contributed by atoms with Crippen LogP contribution in [0.4, 0.5) is 0 Å². The SMILES string of the molecule is CCOC(=O)c1ccc(CC(C(=O)CC(C)C)C(=O)OCC)cc1. The highest BCUT2D eigenvalue weighted by Crippen LogP contribution is 2.17. The maximum atomic E-state index is 12.4. The first kappa shape index (κ1) is 19.9. The second kappa shape index (κ2) is 9.85. The molecule has 1 rings (SSSR count). The summed E-state index contributed by atoms with van der Waals surface area (Å²) in [4.78, 5) is 36.1. The number of ether oxygens (including phenoxy) is 2. The van der Waals surface area contributed by atoms with Crippen LogP contribution in [0.5, 0.6) is 0 Å². The predicted octanol–water partition coefficient (Wildman–Crippen LogP) is 3.20. The van der Waals surface area contributed by atoms with Crippen LogP contribution >= 0.6 is 0 Å². The van der Waals surface area contributed by atoms with Gasteiger partial charge in [-0.15, -0.1) is 0 Å². The molecule has 1 atom stereocenters. The van der Waals surface area contributed by atoms with Gasteiger partial charge < -0.3 is 9.47 Å². The normalized spacial score (nSPS) is 11.9. The van der Waals surface area contributed by atoms with Crippen LogP contribution in [0.1, 0.15) is 50.0 Å². The summed E-state index contributed by atoms with van der Waals surface area (Å²) in [6.07, 6.45) is 0.609. The molecule has 1 aromatic rings. The van der Waals surface area contributed by atoms with Crippen molar-refractivity contribution in [2.75, 3.05) is 13.2 Å². The Morgan fingerprint density at radius 2 is 1.54 bits per heavy atom. The Balaban J connectivity index is 2.87. The molecule has 0 fully saturated rings. The van der Waals surface area contributed by atoms with Crippen molar-refractivity contribution in [1.82, 2.24) is 0 Å². The lowest BCUT2D eigenvalue weighted by molar-refractivity contribution is -0.151. The lowest BCUT2D eigenvalue weighted by Gasteiger charge is -2.16. The Morgan fingerprint density at radius 1 is 0.958 bits per heavy atom. The molecule has 0 saturated heterocycles. The highest BCUT2D eigenvalue weighted by molar-refractivity contribution is 5.99. The van der Waals surface area contributed by atoms with Crippen molar-refractivity contribution < 1.29 is 23.9 Å². The third-order valence-electron chi connectivity index (χ3n) is 3.47. The highest BCUT2D eigenvalue weighted by atomic mass is 16.5. The van der Waals surface area contributed by atoms with E-state index in [1.54, 1.807) is 38.1 Å². The van der Waals surface area contributed by atoms with Gasteiger partial charge in [0.05, 0.1) is 18.8 Å². The minimum atomic E-state index is -0.805. The van der Waals surface area contributed by atoms with E-state index in [9.17, 15) is 14.4 Å². The van der Waals surface area contributed by atoms with Gasteiger partial charge in [-0.05, 0) is 43.9 Å². The fraction of sp³-hybridized carbons (Fsp3) is 0.526. The summed E-state index contributed by atoms with van der Waals surface area (Å²) in [7, 11) is 0. The summed E-state index contributed by atoms with van der Waals surface area (Å²) in [6.45, 7) is 7.90. The average molecular weight is 334 g/mol. The minimum Gasteiger partial charge on any atom is -0.465 e. The van der Waals surface area contributed by atoms with Gasteiger partial charge in [0.2, 0.25) is 0 Å². The minimum absolute atomic E-state index is 0.113. The third-order valence-corrected chi connectivity index (χ3v) is 3.47. The molecule has 0 aliphatic heterocycles. The Labute approximate surface area is 143 Å². The monoisotopic (exact) mass is 334 g/mol. The number of esters is 2. The van der Waals surface area contributed by atoms with Crippen molar-refractivity contribution >= 4 is 17.7 Å². The van der Waals surface area contributed by atoms with Gasteiger partial charge in [0.1, 0.15) is 11.7 Å². The maximum absolute atomic E-state index is 12.4. The number of benzene rings is 1. The molecule has 5 heteroatoms. The zero-order valence-corrected chi connectivity index (χ0v) is 14.8. The Morgan fingerprint density at radius 3 is 2.04 bits per heavy atom. The van der Waals surface area contributed by atoms with E-state index in [-0.39, 0.29) is 30.7 Å². The van der Waals surface area contributed by atoms with Crippen LogP contribution < -0.4 is 0 Å². The number of carbonyl (C=O) groups excluding carboxylic acids is 3. The van der Waals surface area contributed by atoms with Gasteiger partial charge in [-0.2, -0.15) is 0 Å². The van der Waals surface area contributed by atoms with E-state index in [0.29, 0.717) is 18.6 Å². The van der Waals surface area contributed by atoms with Crippen molar-refractivity contribution in [3.8, 4) is 0 Å². The van der Waals surface area contributed by atoms with Gasteiger partial charge in [0, 0.05) is 6.42 Å². The van der Waals surface area contributed by atoms with Crippen LogP contribution in [-0.4, -0.2) is 30.9 Å². The van der Waals surface area contributed by atoms with E-state index in [4.69, 9.17) is 9.47 Å². The zero-order chi connectivity index (χ0) is 18.1. The molecule has 1 unspecified atom stereocenters. The molecule has 0 radical (unpaired) electrons. The zero-order valence-electron chi connectivity index (χ0n) is 14.8. The molecule has 0 N–H and O–H groups in total. The number of carbonyl (C=O) groups is 3. The van der Waals surface area contributed by atoms with E-state index in [2.05, 4.69) is 0 Å². The molecule has 0 aliphatic rings. The number of hydrogen-bond acceptors (Lipinski definition) is 5. The Hall–Kier alpha value is -2.17. The molecule has 0 bridgehead atoms. The van der Waals surface area contributed by atoms with Crippen molar-refractivity contribution in [2.45, 2.75) is 40.5 Å². The quantitative estimate of drug-likeness (QED) is 0.512. The molecule has 0 saturated carbocycles. The van der Waals surface area contributed by atoms with Crippen molar-refractivity contribution in [2.24, 2.45) is 11.8 Å². The maximum Gasteiger partial charge on any atom is 0.338 e. The molecule has 0 aliphatic carbocycles. The molecule has 132 valence electrons. The first-order chi connectivity index (χ1) is 11.4. The van der Waals surface area contributed by atoms with E-state index >= 15 is 0 Å². The number of ketones is 1. The van der Waals surface area contributed by atoms with Crippen LogP contribution in [0.15, 0.2) is 24.3 Å². The van der Waals surface area contributed by atoms with Gasteiger partial charge in [-0.3, -0.25) is 9.59 Å². The fourth-order valence-corrected chi connectivity index (χ4v) is 2.34. The molecule has 24 heavy (non-hydrogen) atoms.